The van der Waals surface area contributed by atoms with Crippen LogP contribution in [0.5, 0.6) is 5.75 Å². The lowest BCUT2D eigenvalue weighted by Gasteiger charge is -2.22. The molecule has 0 unspecified atom stereocenters. The first-order valence-electron chi connectivity index (χ1n) is 14.3. The Morgan fingerprint density at radius 3 is 2.43 bits per heavy atom. The summed E-state index contributed by atoms with van der Waals surface area (Å²) in [4.78, 5) is 55.6. The average Bonchev–Trinajstić information content (AvgIpc) is 3.42. The lowest BCUT2D eigenvalue weighted by atomic mass is 10.1. The number of urea groups is 1. The van der Waals surface area contributed by atoms with Crippen LogP contribution in [0.1, 0.15) is 29.5 Å². The number of aryl methyl sites for hydroxylation is 2. The molecule has 3 aromatic rings. The monoisotopic (exact) mass is 599 g/mol. The molecule has 0 bridgehead atoms. The molecule has 1 aliphatic rings. The van der Waals surface area contributed by atoms with Crippen molar-refractivity contribution in [2.45, 2.75) is 33.1 Å². The number of amides is 4. The van der Waals surface area contributed by atoms with E-state index in [1.165, 1.54) is 12.0 Å². The highest BCUT2D eigenvalue weighted by Crippen LogP contribution is 2.26. The lowest BCUT2D eigenvalue weighted by molar-refractivity contribution is -0.139. The van der Waals surface area contributed by atoms with E-state index < -0.39 is 12.0 Å². The Morgan fingerprint density at radius 1 is 0.932 bits per heavy atom. The number of nitrogens with zero attached hydrogens (tertiary/aromatic N) is 2. The van der Waals surface area contributed by atoms with E-state index in [1.807, 2.05) is 50.2 Å². The van der Waals surface area contributed by atoms with Crippen molar-refractivity contribution in [2.75, 3.05) is 43.9 Å². The van der Waals surface area contributed by atoms with Gasteiger partial charge in [-0.3, -0.25) is 19.4 Å². The van der Waals surface area contributed by atoms with Crippen molar-refractivity contribution in [1.82, 2.24) is 10.2 Å². The molecule has 0 aliphatic carbocycles. The molecule has 0 atom stereocenters. The Kier molecular flexibility index (Phi) is 10.7. The van der Waals surface area contributed by atoms with Gasteiger partial charge in [0.1, 0.15) is 5.75 Å². The van der Waals surface area contributed by atoms with Crippen molar-refractivity contribution in [3.63, 3.8) is 0 Å². The summed E-state index contributed by atoms with van der Waals surface area (Å²) in [6.07, 6.45) is 0.338. The first kappa shape index (κ1) is 31.7. The molecule has 11 nitrogen and oxygen atoms in total. The van der Waals surface area contributed by atoms with Gasteiger partial charge in [0.15, 0.2) is 0 Å². The van der Waals surface area contributed by atoms with Gasteiger partial charge < -0.3 is 30.7 Å². The predicted octanol–water partition coefficient (Wildman–Crippen LogP) is 2.79. The summed E-state index contributed by atoms with van der Waals surface area (Å²) in [6.45, 7) is 4.55. The van der Waals surface area contributed by atoms with Crippen molar-refractivity contribution in [3.05, 3.63) is 87.9 Å². The molecule has 0 fully saturated rings. The highest BCUT2D eigenvalue weighted by atomic mass is 16.5. The van der Waals surface area contributed by atoms with Gasteiger partial charge in [-0.15, -0.1) is 0 Å². The summed E-state index contributed by atoms with van der Waals surface area (Å²) in [7, 11) is 1.46. The van der Waals surface area contributed by atoms with Gasteiger partial charge in [-0.05, 0) is 60.7 Å². The standard InChI is InChI=1S/C33H37N5O6/c1-21-7-4-5-10-26(21)36-33(43)37-27-12-11-23(17-28(27)44-3)18-29(39)34-20-30(40)38(16-14-31(41)42)15-13-24-19-35-32-22(2)8-6-9-25(24)32/h4-12,17H,13-16,18-20H2,1-3H3,(H,34,39)(H,41,42)(H2,36,37,43). The van der Waals surface area contributed by atoms with Gasteiger partial charge in [0.2, 0.25) is 11.8 Å². The smallest absolute Gasteiger partial charge is 0.323 e. The fourth-order valence-corrected chi connectivity index (χ4v) is 4.96. The van der Waals surface area contributed by atoms with E-state index in [4.69, 9.17) is 4.74 Å². The second kappa shape index (κ2) is 14.8. The van der Waals surface area contributed by atoms with Crippen LogP contribution in [0.15, 0.2) is 65.7 Å². The molecule has 1 heterocycles. The van der Waals surface area contributed by atoms with Crippen LogP contribution in [0.2, 0.25) is 0 Å². The van der Waals surface area contributed by atoms with E-state index in [0.29, 0.717) is 42.2 Å². The largest absolute Gasteiger partial charge is 0.495 e. The summed E-state index contributed by atoms with van der Waals surface area (Å²) in [5.41, 5.74) is 4.84. The maximum Gasteiger partial charge on any atom is 0.323 e. The van der Waals surface area contributed by atoms with Crippen LogP contribution in [0, 0.1) is 13.8 Å². The maximum atomic E-state index is 13.0. The Bertz CT molecular complexity index is 1690. The molecule has 230 valence electrons. The van der Waals surface area contributed by atoms with Crippen LogP contribution >= 0.6 is 0 Å². The van der Waals surface area contributed by atoms with Gasteiger partial charge in [0.25, 0.3) is 0 Å². The molecule has 0 aromatic heterocycles. The number of nitrogens with one attached hydrogen (secondary N) is 3. The zero-order chi connectivity index (χ0) is 31.6. The van der Waals surface area contributed by atoms with Crippen LogP contribution < -0.4 is 31.3 Å². The summed E-state index contributed by atoms with van der Waals surface area (Å²) in [5, 5.41) is 19.4. The molecule has 0 radical (unpaired) electrons. The Balaban J connectivity index is 1.32. The highest BCUT2D eigenvalue weighted by Gasteiger charge is 2.18. The molecule has 11 heteroatoms. The second-order valence-electron chi connectivity index (χ2n) is 10.5. The molecule has 0 saturated heterocycles. The molecule has 44 heavy (non-hydrogen) atoms. The molecular weight excluding hydrogens is 562 g/mol. The number of para-hydroxylation sites is 2. The van der Waals surface area contributed by atoms with E-state index >= 15 is 0 Å². The van der Waals surface area contributed by atoms with E-state index in [9.17, 15) is 24.3 Å². The molecule has 0 spiro atoms. The number of anilines is 2. The Hall–Kier alpha value is -5.19. The van der Waals surface area contributed by atoms with Gasteiger partial charge >= 0.3 is 12.0 Å². The molecule has 3 aromatic carbocycles. The number of carbonyl (C=O) groups excluding carboxylic acids is 3. The third-order valence-corrected chi connectivity index (χ3v) is 7.39. The van der Waals surface area contributed by atoms with Crippen molar-refractivity contribution >= 4 is 40.8 Å². The van der Waals surface area contributed by atoms with Gasteiger partial charge in [-0.25, -0.2) is 4.79 Å². The minimum atomic E-state index is -1.00. The number of benzene rings is 3. The number of fused-ring (bicyclic) bond motifs is 1. The quantitative estimate of drug-likeness (QED) is 0.237. The molecule has 4 amide bonds. The van der Waals surface area contributed by atoms with Crippen LogP contribution in [0.25, 0.3) is 5.57 Å². The normalized spacial score (nSPS) is 11.7. The second-order valence-corrected chi connectivity index (χ2v) is 10.5. The fraction of sp³-hybridized carbons (Fsp3) is 0.303. The number of methoxy groups -OCH3 is 1. The number of aliphatic carboxylic acids is 1. The van der Waals surface area contributed by atoms with Crippen molar-refractivity contribution in [2.24, 2.45) is 4.99 Å². The number of ether oxygens (including phenoxy) is 1. The lowest BCUT2D eigenvalue weighted by Crippen LogP contribution is -2.42. The van der Waals surface area contributed by atoms with Crippen molar-refractivity contribution in [3.8, 4) is 5.75 Å². The first-order chi connectivity index (χ1) is 21.1. The molecule has 4 N–H and O–H groups in total. The summed E-state index contributed by atoms with van der Waals surface area (Å²) in [6, 6.07) is 17.9. The average molecular weight is 600 g/mol. The molecular formula is C33H37N5O6. The maximum absolute atomic E-state index is 13.0. The van der Waals surface area contributed by atoms with Crippen LogP contribution in [0.4, 0.5) is 16.2 Å². The minimum Gasteiger partial charge on any atom is -0.495 e. The Morgan fingerprint density at radius 2 is 1.68 bits per heavy atom. The van der Waals surface area contributed by atoms with Crippen LogP contribution in [-0.4, -0.2) is 67.1 Å². The molecule has 4 rings (SSSR count). The van der Waals surface area contributed by atoms with Crippen molar-refractivity contribution in [1.29, 1.82) is 0 Å². The van der Waals surface area contributed by atoms with Gasteiger partial charge in [-0.1, -0.05) is 42.5 Å². The minimum absolute atomic E-state index is 0.0238. The number of carboxylic acids is 1. The van der Waals surface area contributed by atoms with Gasteiger partial charge in [-0.2, -0.15) is 0 Å². The van der Waals surface area contributed by atoms with E-state index in [0.717, 1.165) is 27.3 Å². The third kappa shape index (κ3) is 8.43. The first-order valence-corrected chi connectivity index (χ1v) is 14.3. The third-order valence-electron chi connectivity index (χ3n) is 7.39. The molecule has 0 saturated carbocycles. The van der Waals surface area contributed by atoms with Gasteiger partial charge in [0.05, 0.1) is 44.1 Å². The fourth-order valence-electron chi connectivity index (χ4n) is 4.96. The van der Waals surface area contributed by atoms with Gasteiger partial charge in [0, 0.05) is 24.0 Å². The number of carbonyl (C=O) groups is 4. The number of rotatable bonds is 13. The van der Waals surface area contributed by atoms with E-state index in [2.05, 4.69) is 20.9 Å². The van der Waals surface area contributed by atoms with E-state index in [1.54, 1.807) is 24.3 Å². The van der Waals surface area contributed by atoms with Crippen LogP contribution in [-0.2, 0) is 20.8 Å². The molecule has 1 aliphatic heterocycles. The highest BCUT2D eigenvalue weighted by molar-refractivity contribution is 6.01. The SMILES string of the molecule is COc1cc(CC(=O)NCC(=O)N(CCC(=O)O)CCC2=c3cccc(C)c3=NC2)ccc1NC(=O)Nc1ccccc1C. The summed E-state index contributed by atoms with van der Waals surface area (Å²) >= 11 is 0. The zero-order valence-electron chi connectivity index (χ0n) is 25.1. The predicted molar refractivity (Wildman–Crippen MR) is 167 cm³/mol. The summed E-state index contributed by atoms with van der Waals surface area (Å²) in [5.74, 6) is -1.38. The number of hydrogen-bond donors (Lipinski definition) is 4. The topological polar surface area (TPSA) is 149 Å². The number of hydrogen-bond acceptors (Lipinski definition) is 6. The van der Waals surface area contributed by atoms with Crippen molar-refractivity contribution < 1.29 is 29.0 Å². The van der Waals surface area contributed by atoms with E-state index in [-0.39, 0.29) is 37.7 Å². The van der Waals surface area contributed by atoms with Crippen LogP contribution in [0.3, 0.4) is 0 Å². The summed E-state index contributed by atoms with van der Waals surface area (Å²) < 4.78 is 5.42. The number of carboxylic acid groups (broad SMARTS) is 1. The Labute approximate surface area is 255 Å². The zero-order valence-corrected chi connectivity index (χ0v) is 25.1.